The summed E-state index contributed by atoms with van der Waals surface area (Å²) in [4.78, 5) is 11.1. The maximum atomic E-state index is 11.1. The molecule has 0 radical (unpaired) electrons. The second kappa shape index (κ2) is 5.73. The number of carboxylic acid groups (broad SMARTS) is 1. The van der Waals surface area contributed by atoms with Crippen molar-refractivity contribution in [2.24, 2.45) is 0 Å². The van der Waals surface area contributed by atoms with Gasteiger partial charge in [-0.1, -0.05) is 0 Å². The van der Waals surface area contributed by atoms with Gasteiger partial charge in [0.2, 0.25) is 0 Å². The average Bonchev–Trinajstić information content (AvgIpc) is 2.27. The molecule has 0 aromatic heterocycles. The van der Waals surface area contributed by atoms with Gasteiger partial charge in [0.25, 0.3) is 0 Å². The fourth-order valence-electron chi connectivity index (χ4n) is 1.34. The zero-order valence-corrected chi connectivity index (χ0v) is 10.8. The summed E-state index contributed by atoms with van der Waals surface area (Å²) in [7, 11) is 1.47. The van der Waals surface area contributed by atoms with Crippen LogP contribution in [0.15, 0.2) is 18.2 Å². The van der Waals surface area contributed by atoms with Gasteiger partial charge >= 0.3 is 5.97 Å². The molecule has 0 fully saturated rings. The predicted molar refractivity (Wildman–Crippen MR) is 66.4 cm³/mol. The number of methoxy groups -OCH3 is 1. The molecule has 18 heavy (non-hydrogen) atoms. The van der Waals surface area contributed by atoms with Crippen molar-refractivity contribution in [1.82, 2.24) is 0 Å². The van der Waals surface area contributed by atoms with Crippen LogP contribution in [-0.2, 0) is 0 Å². The second-order valence-electron chi connectivity index (χ2n) is 4.58. The zero-order chi connectivity index (χ0) is 13.8. The Morgan fingerprint density at radius 2 is 2.06 bits per heavy atom. The van der Waals surface area contributed by atoms with E-state index >= 15 is 0 Å². The minimum atomic E-state index is -1.08. The maximum absolute atomic E-state index is 11.1. The molecule has 5 heteroatoms. The fraction of sp³-hybridized carbons (Fsp3) is 0.462. The van der Waals surface area contributed by atoms with Gasteiger partial charge in [-0.3, -0.25) is 0 Å². The van der Waals surface area contributed by atoms with Crippen LogP contribution in [0.4, 0.5) is 0 Å². The highest BCUT2D eigenvalue weighted by atomic mass is 16.5. The molecule has 1 rings (SSSR count). The number of carbonyl (C=O) groups is 1. The van der Waals surface area contributed by atoms with E-state index in [-0.39, 0.29) is 17.9 Å². The minimum absolute atomic E-state index is 0.0464. The molecule has 1 aromatic carbocycles. The normalized spacial score (nSPS) is 11.1. The highest BCUT2D eigenvalue weighted by Crippen LogP contribution is 2.24. The van der Waals surface area contributed by atoms with Crippen LogP contribution in [0.2, 0.25) is 0 Å². The van der Waals surface area contributed by atoms with Crippen LogP contribution >= 0.6 is 0 Å². The van der Waals surface area contributed by atoms with Crippen molar-refractivity contribution in [2.75, 3.05) is 13.7 Å². The molecule has 1 aromatic rings. The van der Waals surface area contributed by atoms with Gasteiger partial charge in [-0.2, -0.15) is 0 Å². The highest BCUT2D eigenvalue weighted by molar-refractivity contribution is 5.91. The minimum Gasteiger partial charge on any atom is -0.497 e. The molecule has 2 N–H and O–H groups in total. The van der Waals surface area contributed by atoms with E-state index in [9.17, 15) is 9.90 Å². The van der Waals surface area contributed by atoms with Crippen molar-refractivity contribution < 1.29 is 24.5 Å². The lowest BCUT2D eigenvalue weighted by Crippen LogP contribution is -2.22. The van der Waals surface area contributed by atoms with E-state index in [1.165, 1.54) is 13.2 Å². The Morgan fingerprint density at radius 3 is 2.56 bits per heavy atom. The lowest BCUT2D eigenvalue weighted by Gasteiger charge is -2.17. The zero-order valence-electron chi connectivity index (χ0n) is 10.8. The molecule has 0 aliphatic carbocycles. The van der Waals surface area contributed by atoms with Gasteiger partial charge in [-0.05, 0) is 32.0 Å². The van der Waals surface area contributed by atoms with Crippen LogP contribution in [0.1, 0.15) is 30.6 Å². The van der Waals surface area contributed by atoms with Gasteiger partial charge in [0.15, 0.2) is 0 Å². The van der Waals surface area contributed by atoms with Crippen LogP contribution < -0.4 is 9.47 Å². The molecule has 0 saturated heterocycles. The van der Waals surface area contributed by atoms with Crippen molar-refractivity contribution >= 4 is 5.97 Å². The van der Waals surface area contributed by atoms with E-state index in [0.717, 1.165) is 0 Å². The number of hydrogen-bond donors (Lipinski definition) is 2. The largest absolute Gasteiger partial charge is 0.497 e. The van der Waals surface area contributed by atoms with Crippen molar-refractivity contribution in [2.45, 2.75) is 25.9 Å². The Bertz CT molecular complexity index is 420. The Hall–Kier alpha value is -1.75. The third-order valence-corrected chi connectivity index (χ3v) is 2.39. The Kier molecular flexibility index (Phi) is 4.55. The standard InChI is InChI=1S/C13H18O5/c1-13(2,16)6-7-18-11-5-4-9(17-3)8-10(11)12(14)15/h4-5,8,16H,6-7H2,1-3H3,(H,14,15). The summed E-state index contributed by atoms with van der Waals surface area (Å²) in [5.41, 5.74) is -0.791. The van der Waals surface area contributed by atoms with Crippen LogP contribution in [0.25, 0.3) is 0 Å². The number of aliphatic hydroxyl groups is 1. The smallest absolute Gasteiger partial charge is 0.339 e. The summed E-state index contributed by atoms with van der Waals surface area (Å²) in [5, 5.41) is 18.6. The molecule has 0 bridgehead atoms. The molecular formula is C13H18O5. The number of benzene rings is 1. The number of ether oxygens (including phenoxy) is 2. The Labute approximate surface area is 106 Å². The number of aromatic carboxylic acids is 1. The summed E-state index contributed by atoms with van der Waals surface area (Å²) in [6, 6.07) is 4.58. The van der Waals surface area contributed by atoms with Crippen LogP contribution in [0, 0.1) is 0 Å². The molecule has 0 saturated carbocycles. The van der Waals surface area contributed by atoms with Gasteiger partial charge in [-0.15, -0.1) is 0 Å². The van der Waals surface area contributed by atoms with E-state index in [1.54, 1.807) is 26.0 Å². The molecule has 0 aliphatic rings. The first-order chi connectivity index (χ1) is 8.33. The number of hydrogen-bond acceptors (Lipinski definition) is 4. The molecule has 100 valence electrons. The van der Waals surface area contributed by atoms with Crippen LogP contribution in [0.5, 0.6) is 11.5 Å². The highest BCUT2D eigenvalue weighted by Gasteiger charge is 2.15. The maximum Gasteiger partial charge on any atom is 0.339 e. The first-order valence-corrected chi connectivity index (χ1v) is 5.60. The first kappa shape index (κ1) is 14.3. The van der Waals surface area contributed by atoms with Crippen molar-refractivity contribution in [3.8, 4) is 11.5 Å². The van der Waals surface area contributed by atoms with Gasteiger partial charge in [0.1, 0.15) is 17.1 Å². The van der Waals surface area contributed by atoms with E-state index < -0.39 is 11.6 Å². The van der Waals surface area contributed by atoms with Crippen LogP contribution in [0.3, 0.4) is 0 Å². The predicted octanol–water partition coefficient (Wildman–Crippen LogP) is 1.93. The molecule has 0 aliphatic heterocycles. The molecule has 0 atom stereocenters. The fourth-order valence-corrected chi connectivity index (χ4v) is 1.34. The third kappa shape index (κ3) is 4.25. The summed E-state index contributed by atoms with van der Waals surface area (Å²) in [5.74, 6) is -0.345. The topological polar surface area (TPSA) is 76.0 Å². The summed E-state index contributed by atoms with van der Waals surface area (Å²) in [6.07, 6.45) is 0.415. The molecule has 0 heterocycles. The number of carboxylic acids is 1. The summed E-state index contributed by atoms with van der Waals surface area (Å²) >= 11 is 0. The number of rotatable bonds is 6. The molecular weight excluding hydrogens is 236 g/mol. The molecule has 0 spiro atoms. The first-order valence-electron chi connectivity index (χ1n) is 5.60. The van der Waals surface area contributed by atoms with Gasteiger partial charge in [0, 0.05) is 6.42 Å². The molecule has 5 nitrogen and oxygen atoms in total. The van der Waals surface area contributed by atoms with Gasteiger partial charge < -0.3 is 19.7 Å². The lowest BCUT2D eigenvalue weighted by atomic mass is 10.1. The SMILES string of the molecule is COc1ccc(OCCC(C)(C)O)c(C(=O)O)c1. The Morgan fingerprint density at radius 1 is 1.39 bits per heavy atom. The Balaban J connectivity index is 2.79. The van der Waals surface area contributed by atoms with Gasteiger partial charge in [0.05, 0.1) is 19.3 Å². The van der Waals surface area contributed by atoms with Crippen molar-refractivity contribution in [3.63, 3.8) is 0 Å². The average molecular weight is 254 g/mol. The summed E-state index contributed by atoms with van der Waals surface area (Å²) in [6.45, 7) is 3.58. The summed E-state index contributed by atoms with van der Waals surface area (Å²) < 4.78 is 10.3. The second-order valence-corrected chi connectivity index (χ2v) is 4.58. The molecule has 0 unspecified atom stereocenters. The third-order valence-electron chi connectivity index (χ3n) is 2.39. The van der Waals surface area contributed by atoms with Crippen molar-refractivity contribution in [3.05, 3.63) is 23.8 Å². The lowest BCUT2D eigenvalue weighted by molar-refractivity contribution is 0.0548. The quantitative estimate of drug-likeness (QED) is 0.811. The van der Waals surface area contributed by atoms with Crippen molar-refractivity contribution in [1.29, 1.82) is 0 Å². The van der Waals surface area contributed by atoms with E-state index in [2.05, 4.69) is 0 Å². The van der Waals surface area contributed by atoms with Crippen LogP contribution in [-0.4, -0.2) is 35.5 Å². The van der Waals surface area contributed by atoms with Gasteiger partial charge in [-0.25, -0.2) is 4.79 Å². The molecule has 0 amide bonds. The van der Waals surface area contributed by atoms with E-state index in [1.807, 2.05) is 0 Å². The van der Waals surface area contributed by atoms with E-state index in [0.29, 0.717) is 12.2 Å². The monoisotopic (exact) mass is 254 g/mol. The van der Waals surface area contributed by atoms with E-state index in [4.69, 9.17) is 14.6 Å².